The monoisotopic (exact) mass is 473 g/mol. The van der Waals surface area contributed by atoms with E-state index in [1.54, 1.807) is 25.3 Å². The van der Waals surface area contributed by atoms with Gasteiger partial charge in [-0.3, -0.25) is 14.5 Å². The molecule has 0 unspecified atom stereocenters. The van der Waals surface area contributed by atoms with E-state index < -0.39 is 0 Å². The molecule has 7 heteroatoms. The molecule has 0 bridgehead atoms. The van der Waals surface area contributed by atoms with Gasteiger partial charge in [0.05, 0.1) is 16.5 Å². The fourth-order valence-electron chi connectivity index (χ4n) is 2.84. The van der Waals surface area contributed by atoms with E-state index in [9.17, 15) is 9.59 Å². The zero-order valence-corrected chi connectivity index (χ0v) is 18.3. The van der Waals surface area contributed by atoms with Crippen LogP contribution in [0.5, 0.6) is 11.5 Å². The van der Waals surface area contributed by atoms with E-state index in [1.807, 2.05) is 36.4 Å². The second-order valence-electron chi connectivity index (χ2n) is 6.20. The molecule has 2 amide bonds. The number of halogens is 1. The molecule has 1 heterocycles. The first-order valence-electron chi connectivity index (χ1n) is 8.94. The summed E-state index contributed by atoms with van der Waals surface area (Å²) in [4.78, 5) is 26.7. The third-order valence-corrected chi connectivity index (χ3v) is 5.73. The molecule has 2 aromatic rings. The summed E-state index contributed by atoms with van der Waals surface area (Å²) in [6.45, 7) is 4.33. The topological polar surface area (TPSA) is 55.8 Å². The number of hydrogen-bond acceptors (Lipinski definition) is 5. The second-order valence-corrected chi connectivity index (χ2v) is 8.05. The Morgan fingerprint density at radius 2 is 1.97 bits per heavy atom. The van der Waals surface area contributed by atoms with Gasteiger partial charge in [-0.15, -0.1) is 0 Å². The van der Waals surface area contributed by atoms with Crippen LogP contribution in [0, 0.1) is 0 Å². The molecule has 1 aliphatic rings. The molecular weight excluding hydrogens is 454 g/mol. The van der Waals surface area contributed by atoms with Gasteiger partial charge in [0.1, 0.15) is 6.61 Å². The molecule has 2 aromatic carbocycles. The zero-order valence-electron chi connectivity index (χ0n) is 15.9. The van der Waals surface area contributed by atoms with Crippen molar-refractivity contribution in [3.05, 3.63) is 75.6 Å². The van der Waals surface area contributed by atoms with Crippen molar-refractivity contribution in [3.63, 3.8) is 0 Å². The molecule has 5 nitrogen and oxygen atoms in total. The van der Waals surface area contributed by atoms with Gasteiger partial charge in [0.2, 0.25) is 0 Å². The van der Waals surface area contributed by atoms with Gasteiger partial charge in [-0.2, -0.15) is 0 Å². The number of ether oxygens (including phenoxy) is 2. The highest BCUT2D eigenvalue weighted by atomic mass is 79.9. The summed E-state index contributed by atoms with van der Waals surface area (Å²) in [7, 11) is 1.55. The molecule has 0 aliphatic carbocycles. The Labute approximate surface area is 182 Å². The van der Waals surface area contributed by atoms with Crippen molar-refractivity contribution in [1.82, 2.24) is 4.90 Å². The van der Waals surface area contributed by atoms with Crippen molar-refractivity contribution < 1.29 is 19.1 Å². The summed E-state index contributed by atoms with van der Waals surface area (Å²) in [5, 5.41) is -0.255. The number of thioether (sulfide) groups is 1. The molecule has 150 valence electrons. The fraction of sp³-hybridized carbons (Fsp3) is 0.182. The lowest BCUT2D eigenvalue weighted by molar-refractivity contribution is -0.122. The zero-order chi connectivity index (χ0) is 20.8. The summed E-state index contributed by atoms with van der Waals surface area (Å²) < 4.78 is 11.7. The second kappa shape index (κ2) is 9.80. The first-order chi connectivity index (χ1) is 14.0. The minimum absolute atomic E-state index is 0.255. The number of methoxy groups -OCH3 is 1. The van der Waals surface area contributed by atoms with Crippen LogP contribution < -0.4 is 9.47 Å². The van der Waals surface area contributed by atoms with E-state index >= 15 is 0 Å². The smallest absolute Gasteiger partial charge is 0.293 e. The maximum absolute atomic E-state index is 12.7. The number of amides is 2. The van der Waals surface area contributed by atoms with Crippen LogP contribution in [0.3, 0.4) is 0 Å². The molecule has 0 saturated carbocycles. The predicted molar refractivity (Wildman–Crippen MR) is 119 cm³/mol. The van der Waals surface area contributed by atoms with Crippen LogP contribution in [0.4, 0.5) is 4.79 Å². The number of benzene rings is 2. The lowest BCUT2D eigenvalue weighted by Crippen LogP contribution is -2.30. The van der Waals surface area contributed by atoms with Crippen LogP contribution in [0.25, 0.3) is 6.08 Å². The molecule has 1 aliphatic heterocycles. The van der Waals surface area contributed by atoms with Gasteiger partial charge < -0.3 is 9.47 Å². The maximum atomic E-state index is 12.7. The molecule has 0 N–H and O–H groups in total. The van der Waals surface area contributed by atoms with E-state index in [4.69, 9.17) is 9.47 Å². The normalized spacial score (nSPS) is 15.1. The van der Waals surface area contributed by atoms with Gasteiger partial charge in [0.15, 0.2) is 11.5 Å². The first kappa shape index (κ1) is 21.2. The van der Waals surface area contributed by atoms with Crippen LogP contribution in [0.2, 0.25) is 0 Å². The Balaban J connectivity index is 1.78. The summed E-state index contributed by atoms with van der Waals surface area (Å²) >= 11 is 4.42. The van der Waals surface area contributed by atoms with E-state index in [0.717, 1.165) is 22.9 Å². The van der Waals surface area contributed by atoms with E-state index in [-0.39, 0.29) is 11.1 Å². The van der Waals surface area contributed by atoms with Crippen molar-refractivity contribution in [2.75, 3.05) is 20.3 Å². The molecule has 0 spiro atoms. The van der Waals surface area contributed by atoms with Gasteiger partial charge in [-0.05, 0) is 63.4 Å². The van der Waals surface area contributed by atoms with Crippen LogP contribution >= 0.6 is 27.7 Å². The van der Waals surface area contributed by atoms with Crippen molar-refractivity contribution in [1.29, 1.82) is 0 Å². The minimum Gasteiger partial charge on any atom is -0.493 e. The minimum atomic E-state index is -0.280. The van der Waals surface area contributed by atoms with Gasteiger partial charge in [0.25, 0.3) is 11.1 Å². The van der Waals surface area contributed by atoms with Gasteiger partial charge in [-0.25, -0.2) is 0 Å². The molecule has 0 radical (unpaired) electrons. The lowest BCUT2D eigenvalue weighted by atomic mass is 10.1. The number of carbonyl (C=O) groups excluding carboxylic acids is 2. The quantitative estimate of drug-likeness (QED) is 0.384. The van der Waals surface area contributed by atoms with Crippen LogP contribution in [-0.4, -0.2) is 36.3 Å². The summed E-state index contributed by atoms with van der Waals surface area (Å²) in [5.41, 5.74) is 1.81. The Morgan fingerprint density at radius 3 is 2.66 bits per heavy atom. The standard InChI is InChI=1S/C22H20BrNO4S/c1-3-11-28-20-17(23)12-16(13-18(20)27-2)14-19-21(25)24(22(26)29-19)10-9-15-7-5-4-6-8-15/h3-8,12-14H,1,9-11H2,2H3/b19-14-. The highest BCUT2D eigenvalue weighted by Crippen LogP contribution is 2.39. The summed E-state index contributed by atoms with van der Waals surface area (Å²) in [6.07, 6.45) is 3.96. The average molecular weight is 474 g/mol. The van der Waals surface area contributed by atoms with Crippen molar-refractivity contribution >= 4 is 44.9 Å². The molecule has 29 heavy (non-hydrogen) atoms. The Morgan fingerprint density at radius 1 is 1.21 bits per heavy atom. The lowest BCUT2D eigenvalue weighted by Gasteiger charge is -2.13. The number of carbonyl (C=O) groups is 2. The Hall–Kier alpha value is -2.51. The van der Waals surface area contributed by atoms with Crippen LogP contribution in [0.1, 0.15) is 11.1 Å². The Kier molecular flexibility index (Phi) is 7.17. The third-order valence-electron chi connectivity index (χ3n) is 4.24. The van der Waals surface area contributed by atoms with Crippen LogP contribution in [-0.2, 0) is 11.2 Å². The third kappa shape index (κ3) is 5.10. The van der Waals surface area contributed by atoms with E-state index in [2.05, 4.69) is 22.5 Å². The summed E-state index contributed by atoms with van der Waals surface area (Å²) in [6, 6.07) is 13.4. The molecule has 1 fully saturated rings. The van der Waals surface area contributed by atoms with Gasteiger partial charge >= 0.3 is 0 Å². The SMILES string of the molecule is C=CCOc1c(Br)cc(/C=C2\SC(=O)N(CCc3ccccc3)C2=O)cc1OC. The fourth-order valence-corrected chi connectivity index (χ4v) is 4.27. The van der Waals surface area contributed by atoms with Crippen LogP contribution in [0.15, 0.2) is 64.5 Å². The van der Waals surface area contributed by atoms with E-state index in [0.29, 0.717) is 40.4 Å². The largest absolute Gasteiger partial charge is 0.493 e. The van der Waals surface area contributed by atoms with Crippen molar-refractivity contribution in [3.8, 4) is 11.5 Å². The Bertz CT molecular complexity index is 959. The van der Waals surface area contributed by atoms with Gasteiger partial charge in [0, 0.05) is 6.54 Å². The summed E-state index contributed by atoms with van der Waals surface area (Å²) in [5.74, 6) is 0.800. The molecule has 0 atom stereocenters. The average Bonchev–Trinajstić information content (AvgIpc) is 2.98. The van der Waals surface area contributed by atoms with E-state index in [1.165, 1.54) is 4.90 Å². The number of imide groups is 1. The maximum Gasteiger partial charge on any atom is 0.293 e. The molecule has 0 aromatic heterocycles. The van der Waals surface area contributed by atoms with Crippen molar-refractivity contribution in [2.45, 2.75) is 6.42 Å². The highest BCUT2D eigenvalue weighted by Gasteiger charge is 2.34. The first-order valence-corrected chi connectivity index (χ1v) is 10.5. The molecule has 1 saturated heterocycles. The number of nitrogens with zero attached hydrogens (tertiary/aromatic N) is 1. The molecule has 3 rings (SSSR count). The number of hydrogen-bond donors (Lipinski definition) is 0. The van der Waals surface area contributed by atoms with Gasteiger partial charge in [-0.1, -0.05) is 43.0 Å². The highest BCUT2D eigenvalue weighted by molar-refractivity contribution is 9.10. The number of rotatable bonds is 8. The molecular formula is C22H20BrNO4S. The van der Waals surface area contributed by atoms with Crippen molar-refractivity contribution in [2.24, 2.45) is 0 Å². The predicted octanol–water partition coefficient (Wildman–Crippen LogP) is 5.30.